The largest absolute Gasteiger partial charge is 0.348 e. The molecule has 0 saturated heterocycles. The van der Waals surface area contributed by atoms with Gasteiger partial charge in [0, 0.05) is 30.8 Å². The SMILES string of the molecule is O=C(NC1CCc2n[nH]c(=O)n2CC1)c1csc(Cc2ccccc2)n1. The van der Waals surface area contributed by atoms with Gasteiger partial charge in [-0.15, -0.1) is 11.3 Å². The molecule has 1 atom stereocenters. The van der Waals surface area contributed by atoms with Crippen molar-refractivity contribution in [1.82, 2.24) is 25.1 Å². The maximum Gasteiger partial charge on any atom is 0.343 e. The number of benzene rings is 1. The molecule has 0 aliphatic carbocycles. The van der Waals surface area contributed by atoms with Crippen LogP contribution in [0.25, 0.3) is 0 Å². The molecule has 1 aliphatic heterocycles. The number of amides is 1. The van der Waals surface area contributed by atoms with Crippen molar-refractivity contribution in [2.75, 3.05) is 0 Å². The number of hydrogen-bond donors (Lipinski definition) is 2. The molecule has 26 heavy (non-hydrogen) atoms. The van der Waals surface area contributed by atoms with Gasteiger partial charge in [-0.3, -0.25) is 9.36 Å². The number of carbonyl (C=O) groups is 1. The Morgan fingerprint density at radius 1 is 1.31 bits per heavy atom. The van der Waals surface area contributed by atoms with Crippen LogP contribution in [-0.4, -0.2) is 31.7 Å². The summed E-state index contributed by atoms with van der Waals surface area (Å²) < 4.78 is 1.65. The van der Waals surface area contributed by atoms with Gasteiger partial charge in [0.05, 0.1) is 5.01 Å². The minimum atomic E-state index is -0.183. The van der Waals surface area contributed by atoms with Crippen molar-refractivity contribution in [3.05, 3.63) is 68.3 Å². The molecule has 8 heteroatoms. The van der Waals surface area contributed by atoms with Gasteiger partial charge in [0.1, 0.15) is 11.5 Å². The number of hydrogen-bond acceptors (Lipinski definition) is 5. The summed E-state index contributed by atoms with van der Waals surface area (Å²) >= 11 is 1.50. The summed E-state index contributed by atoms with van der Waals surface area (Å²) in [5.74, 6) is 0.601. The first kappa shape index (κ1) is 16.7. The number of H-pyrrole nitrogens is 1. The van der Waals surface area contributed by atoms with Crippen molar-refractivity contribution in [2.45, 2.75) is 38.3 Å². The molecule has 1 aromatic carbocycles. The zero-order valence-corrected chi connectivity index (χ0v) is 15.0. The summed E-state index contributed by atoms with van der Waals surface area (Å²) in [6, 6.07) is 10.1. The second-order valence-electron chi connectivity index (χ2n) is 6.38. The molecule has 0 spiro atoms. The predicted molar refractivity (Wildman–Crippen MR) is 98.4 cm³/mol. The van der Waals surface area contributed by atoms with Gasteiger partial charge >= 0.3 is 5.69 Å². The number of nitrogens with one attached hydrogen (secondary N) is 2. The van der Waals surface area contributed by atoms with Gasteiger partial charge in [0.25, 0.3) is 5.91 Å². The average molecular weight is 369 g/mol. The minimum Gasteiger partial charge on any atom is -0.348 e. The maximum absolute atomic E-state index is 12.5. The zero-order chi connectivity index (χ0) is 17.9. The first-order valence-corrected chi connectivity index (χ1v) is 9.50. The molecular weight excluding hydrogens is 350 g/mol. The number of carbonyl (C=O) groups excluding carboxylic acids is 1. The number of fused-ring (bicyclic) bond motifs is 1. The lowest BCUT2D eigenvalue weighted by molar-refractivity contribution is 0.0928. The quantitative estimate of drug-likeness (QED) is 0.733. The summed E-state index contributed by atoms with van der Waals surface area (Å²) in [7, 11) is 0. The minimum absolute atomic E-state index is 0.0165. The summed E-state index contributed by atoms with van der Waals surface area (Å²) in [4.78, 5) is 28.7. The standard InChI is InChI=1S/C18H19N5O2S/c24-17(14-11-26-16(20-14)10-12-4-2-1-3-5-12)19-13-6-7-15-21-22-18(25)23(15)9-8-13/h1-5,11,13H,6-10H2,(H,19,24)(H,22,25). The Bertz CT molecular complexity index is 959. The number of aryl methyl sites for hydroxylation is 1. The molecule has 0 saturated carbocycles. The maximum atomic E-state index is 12.5. The number of nitrogens with zero attached hydrogens (tertiary/aromatic N) is 3. The van der Waals surface area contributed by atoms with Gasteiger partial charge in [-0.2, -0.15) is 5.10 Å². The van der Waals surface area contributed by atoms with Crippen molar-refractivity contribution in [2.24, 2.45) is 0 Å². The van der Waals surface area contributed by atoms with E-state index in [9.17, 15) is 9.59 Å². The molecule has 4 rings (SSSR count). The van der Waals surface area contributed by atoms with Crippen LogP contribution in [0.2, 0.25) is 0 Å². The van der Waals surface area contributed by atoms with E-state index in [-0.39, 0.29) is 17.6 Å². The van der Waals surface area contributed by atoms with Crippen molar-refractivity contribution in [3.63, 3.8) is 0 Å². The lowest BCUT2D eigenvalue weighted by Crippen LogP contribution is -2.35. The van der Waals surface area contributed by atoms with Gasteiger partial charge in [-0.05, 0) is 18.4 Å². The molecule has 0 radical (unpaired) electrons. The normalized spacial score (nSPS) is 16.7. The molecule has 7 nitrogen and oxygen atoms in total. The summed E-state index contributed by atoms with van der Waals surface area (Å²) in [6.45, 7) is 0.561. The second-order valence-corrected chi connectivity index (χ2v) is 7.33. The fraction of sp³-hybridized carbons (Fsp3) is 0.333. The van der Waals surface area contributed by atoms with Gasteiger partial charge in [0.2, 0.25) is 0 Å². The molecule has 1 aliphatic rings. The molecule has 0 fully saturated rings. The highest BCUT2D eigenvalue weighted by Crippen LogP contribution is 2.16. The van der Waals surface area contributed by atoms with Gasteiger partial charge in [0.15, 0.2) is 0 Å². The molecule has 134 valence electrons. The highest BCUT2D eigenvalue weighted by atomic mass is 32.1. The van der Waals surface area contributed by atoms with Crippen LogP contribution in [-0.2, 0) is 19.4 Å². The van der Waals surface area contributed by atoms with E-state index in [0.717, 1.165) is 23.7 Å². The second kappa shape index (κ2) is 7.25. The van der Waals surface area contributed by atoms with Crippen LogP contribution in [0.5, 0.6) is 0 Å². The Labute approximate surface area is 154 Å². The lowest BCUT2D eigenvalue weighted by atomic mass is 10.1. The topological polar surface area (TPSA) is 92.7 Å². The van der Waals surface area contributed by atoms with E-state index in [4.69, 9.17) is 0 Å². The fourth-order valence-corrected chi connectivity index (χ4v) is 3.98. The van der Waals surface area contributed by atoms with Crippen LogP contribution in [0.15, 0.2) is 40.5 Å². The Morgan fingerprint density at radius 2 is 2.15 bits per heavy atom. The summed E-state index contributed by atoms with van der Waals surface area (Å²) in [5, 5.41) is 12.3. The lowest BCUT2D eigenvalue weighted by Gasteiger charge is -2.14. The third-order valence-corrected chi connectivity index (χ3v) is 5.42. The van der Waals surface area contributed by atoms with E-state index >= 15 is 0 Å². The Morgan fingerprint density at radius 3 is 3.00 bits per heavy atom. The van der Waals surface area contributed by atoms with Crippen LogP contribution in [0.3, 0.4) is 0 Å². The summed E-state index contributed by atoms with van der Waals surface area (Å²) in [6.07, 6.45) is 2.86. The van der Waals surface area contributed by atoms with E-state index < -0.39 is 0 Å². The first-order chi connectivity index (χ1) is 12.7. The molecule has 3 aromatic rings. The summed E-state index contributed by atoms with van der Waals surface area (Å²) in [5.41, 5.74) is 1.45. The Balaban J connectivity index is 1.37. The molecule has 3 heterocycles. The molecule has 0 bridgehead atoms. The highest BCUT2D eigenvalue weighted by Gasteiger charge is 2.21. The van der Waals surface area contributed by atoms with Crippen molar-refractivity contribution >= 4 is 17.2 Å². The number of aromatic amines is 1. The average Bonchev–Trinajstić information content (AvgIpc) is 3.19. The number of rotatable bonds is 4. The molecule has 1 amide bonds. The highest BCUT2D eigenvalue weighted by molar-refractivity contribution is 7.09. The first-order valence-electron chi connectivity index (χ1n) is 8.62. The van der Waals surface area contributed by atoms with Gasteiger partial charge in [-0.1, -0.05) is 30.3 Å². The molecule has 2 N–H and O–H groups in total. The monoisotopic (exact) mass is 369 g/mol. The fourth-order valence-electron chi connectivity index (χ4n) is 3.17. The van der Waals surface area contributed by atoms with Crippen LogP contribution in [0.4, 0.5) is 0 Å². The third-order valence-electron chi connectivity index (χ3n) is 4.57. The predicted octanol–water partition coefficient (Wildman–Crippen LogP) is 1.75. The van der Waals surface area contributed by atoms with E-state index in [0.29, 0.717) is 25.1 Å². The zero-order valence-electron chi connectivity index (χ0n) is 14.1. The van der Waals surface area contributed by atoms with Gasteiger partial charge in [-0.25, -0.2) is 14.9 Å². The molecular formula is C18H19N5O2S. The van der Waals surface area contributed by atoms with Crippen LogP contribution in [0, 0.1) is 0 Å². The number of thiazole rings is 1. The van der Waals surface area contributed by atoms with Crippen molar-refractivity contribution in [3.8, 4) is 0 Å². The van der Waals surface area contributed by atoms with Crippen LogP contribution < -0.4 is 11.0 Å². The Hall–Kier alpha value is -2.74. The smallest absolute Gasteiger partial charge is 0.343 e. The van der Waals surface area contributed by atoms with Gasteiger partial charge < -0.3 is 5.32 Å². The van der Waals surface area contributed by atoms with Crippen LogP contribution >= 0.6 is 11.3 Å². The van der Waals surface area contributed by atoms with Crippen molar-refractivity contribution < 1.29 is 4.79 Å². The molecule has 1 unspecified atom stereocenters. The van der Waals surface area contributed by atoms with E-state index in [1.54, 1.807) is 9.95 Å². The van der Waals surface area contributed by atoms with E-state index in [1.165, 1.54) is 16.9 Å². The number of aromatic nitrogens is 4. The third kappa shape index (κ3) is 3.60. The van der Waals surface area contributed by atoms with Crippen molar-refractivity contribution in [1.29, 1.82) is 0 Å². The Kier molecular flexibility index (Phi) is 4.66. The molecule has 2 aromatic heterocycles. The van der Waals surface area contributed by atoms with E-state index in [2.05, 4.69) is 32.6 Å². The van der Waals surface area contributed by atoms with E-state index in [1.807, 2.05) is 18.2 Å². The van der Waals surface area contributed by atoms with Crippen LogP contribution in [0.1, 0.15) is 39.7 Å².